The summed E-state index contributed by atoms with van der Waals surface area (Å²) in [4.78, 5) is 15.2. The molecule has 4 heterocycles. The lowest BCUT2D eigenvalue weighted by atomic mass is 10.0. The van der Waals surface area contributed by atoms with Crippen LogP contribution in [-0.2, 0) is 0 Å². The summed E-state index contributed by atoms with van der Waals surface area (Å²) in [7, 11) is 0. The summed E-state index contributed by atoms with van der Waals surface area (Å²) < 4.78 is 15.2. The van der Waals surface area contributed by atoms with Gasteiger partial charge in [0.15, 0.2) is 17.5 Å². The van der Waals surface area contributed by atoms with Crippen LogP contribution >= 0.6 is 0 Å². The first-order valence-electron chi connectivity index (χ1n) is 19.0. The normalized spacial score (nSPS) is 11.9. The Labute approximate surface area is 325 Å². The Bertz CT molecular complexity index is 3530. The van der Waals surface area contributed by atoms with Gasteiger partial charge in [0.1, 0.15) is 22.3 Å². The van der Waals surface area contributed by atoms with Crippen molar-refractivity contribution in [1.29, 1.82) is 0 Å². The Morgan fingerprint density at radius 3 is 1.82 bits per heavy atom. The second kappa shape index (κ2) is 12.3. The maximum Gasteiger partial charge on any atom is 0.164 e. The highest BCUT2D eigenvalue weighted by molar-refractivity contribution is 6.13. The van der Waals surface area contributed by atoms with Gasteiger partial charge in [0.2, 0.25) is 0 Å². The quantitative estimate of drug-likeness (QED) is 0.176. The lowest BCUT2D eigenvalue weighted by molar-refractivity contribution is 0.668. The fraction of sp³-hybridized carbons (Fsp3) is 0. The van der Waals surface area contributed by atoms with E-state index in [4.69, 9.17) is 23.8 Å². The van der Waals surface area contributed by atoms with E-state index in [1.54, 1.807) is 0 Å². The van der Waals surface area contributed by atoms with E-state index in [0.29, 0.717) is 17.5 Å². The monoisotopic (exact) mass is 730 g/mol. The lowest BCUT2D eigenvalue weighted by Crippen LogP contribution is -2.00. The average Bonchev–Trinajstić information content (AvgIpc) is 3.95. The van der Waals surface area contributed by atoms with Crippen molar-refractivity contribution in [3.8, 4) is 51.0 Å². The molecular weight excluding hydrogens is 701 g/mol. The van der Waals surface area contributed by atoms with Gasteiger partial charge in [-0.1, -0.05) is 127 Å². The average molecular weight is 731 g/mol. The zero-order valence-electron chi connectivity index (χ0n) is 30.4. The van der Waals surface area contributed by atoms with Crippen molar-refractivity contribution in [2.24, 2.45) is 0 Å². The van der Waals surface area contributed by atoms with Crippen LogP contribution in [0.25, 0.3) is 117 Å². The summed E-state index contributed by atoms with van der Waals surface area (Å²) in [6.45, 7) is 0. The van der Waals surface area contributed by atoms with Crippen molar-refractivity contribution < 1.29 is 8.83 Å². The Hall–Kier alpha value is -7.83. The molecule has 0 saturated heterocycles. The minimum absolute atomic E-state index is 0.561. The minimum Gasteiger partial charge on any atom is -0.456 e. The second-order valence-corrected chi connectivity index (χ2v) is 14.4. The molecule has 57 heavy (non-hydrogen) atoms. The van der Waals surface area contributed by atoms with Crippen LogP contribution in [0.2, 0.25) is 0 Å². The van der Waals surface area contributed by atoms with Gasteiger partial charge in [-0.3, -0.25) is 0 Å². The van der Waals surface area contributed by atoms with Crippen LogP contribution in [0.1, 0.15) is 0 Å². The molecule has 12 aromatic rings. The number of hydrogen-bond donors (Lipinski definition) is 0. The van der Waals surface area contributed by atoms with Gasteiger partial charge in [-0.05, 0) is 65.7 Å². The van der Waals surface area contributed by atoms with Gasteiger partial charge in [-0.15, -0.1) is 0 Å². The number of aromatic nitrogens is 4. The Kier molecular flexibility index (Phi) is 6.83. The maximum atomic E-state index is 6.57. The number of furan rings is 2. The number of fused-ring (bicyclic) bond motifs is 9. The minimum atomic E-state index is 0.561. The molecule has 0 aliphatic carbocycles. The largest absolute Gasteiger partial charge is 0.456 e. The zero-order valence-corrected chi connectivity index (χ0v) is 30.4. The van der Waals surface area contributed by atoms with Crippen molar-refractivity contribution in [3.63, 3.8) is 0 Å². The molecule has 0 N–H and O–H groups in total. The second-order valence-electron chi connectivity index (χ2n) is 14.4. The molecule has 0 aliphatic rings. The fourth-order valence-corrected chi connectivity index (χ4v) is 8.41. The highest BCUT2D eigenvalue weighted by atomic mass is 16.3. The molecule has 0 radical (unpaired) electrons. The van der Waals surface area contributed by atoms with Gasteiger partial charge in [-0.25, -0.2) is 15.0 Å². The van der Waals surface area contributed by atoms with Crippen LogP contribution in [0.4, 0.5) is 0 Å². The molecule has 0 amide bonds. The summed E-state index contributed by atoms with van der Waals surface area (Å²) in [5.41, 5.74) is 11.6. The lowest BCUT2D eigenvalue weighted by Gasteiger charge is -2.09. The van der Waals surface area contributed by atoms with Crippen LogP contribution in [0.3, 0.4) is 0 Å². The summed E-state index contributed by atoms with van der Waals surface area (Å²) in [6.07, 6.45) is 0. The number of nitrogens with zero attached hydrogens (tertiary/aromatic N) is 4. The van der Waals surface area contributed by atoms with Crippen molar-refractivity contribution in [2.45, 2.75) is 0 Å². The molecule has 6 heteroatoms. The zero-order chi connectivity index (χ0) is 37.5. The van der Waals surface area contributed by atoms with E-state index >= 15 is 0 Å². The molecule has 0 unspecified atom stereocenters. The summed E-state index contributed by atoms with van der Waals surface area (Å²) in [5, 5.41) is 6.50. The molecular formula is C51H30N4O2. The van der Waals surface area contributed by atoms with E-state index in [2.05, 4.69) is 120 Å². The van der Waals surface area contributed by atoms with Crippen LogP contribution in [0.5, 0.6) is 0 Å². The number of para-hydroxylation sites is 2. The molecule has 0 saturated carbocycles. The van der Waals surface area contributed by atoms with E-state index in [9.17, 15) is 0 Å². The van der Waals surface area contributed by atoms with Gasteiger partial charge >= 0.3 is 0 Å². The van der Waals surface area contributed by atoms with E-state index in [0.717, 1.165) is 77.3 Å². The van der Waals surface area contributed by atoms with E-state index < -0.39 is 0 Å². The van der Waals surface area contributed by atoms with Crippen LogP contribution < -0.4 is 0 Å². The van der Waals surface area contributed by atoms with E-state index in [-0.39, 0.29) is 0 Å². The molecule has 4 aromatic heterocycles. The molecule has 12 rings (SSSR count). The summed E-state index contributed by atoms with van der Waals surface area (Å²) in [6, 6.07) is 62.8. The summed E-state index contributed by atoms with van der Waals surface area (Å²) >= 11 is 0. The summed E-state index contributed by atoms with van der Waals surface area (Å²) in [5.74, 6) is 1.73. The molecule has 0 atom stereocenters. The highest BCUT2D eigenvalue weighted by Crippen LogP contribution is 2.39. The maximum absolute atomic E-state index is 6.57. The van der Waals surface area contributed by atoms with Gasteiger partial charge in [0.25, 0.3) is 0 Å². The first-order valence-corrected chi connectivity index (χ1v) is 19.0. The van der Waals surface area contributed by atoms with Gasteiger partial charge in [0, 0.05) is 54.7 Å². The van der Waals surface area contributed by atoms with Crippen molar-refractivity contribution >= 4 is 65.7 Å². The molecule has 0 fully saturated rings. The predicted octanol–water partition coefficient (Wildman–Crippen LogP) is 13.4. The van der Waals surface area contributed by atoms with Crippen molar-refractivity contribution in [2.75, 3.05) is 0 Å². The van der Waals surface area contributed by atoms with Crippen LogP contribution in [-0.4, -0.2) is 19.5 Å². The Balaban J connectivity index is 1.02. The third-order valence-electron chi connectivity index (χ3n) is 11.1. The van der Waals surface area contributed by atoms with Crippen molar-refractivity contribution in [1.82, 2.24) is 19.5 Å². The molecule has 8 aromatic carbocycles. The highest BCUT2D eigenvalue weighted by Gasteiger charge is 2.20. The predicted molar refractivity (Wildman–Crippen MR) is 230 cm³/mol. The van der Waals surface area contributed by atoms with Gasteiger partial charge in [-0.2, -0.15) is 0 Å². The number of rotatable bonds is 5. The van der Waals surface area contributed by atoms with Gasteiger partial charge in [0.05, 0.1) is 11.0 Å². The number of benzene rings is 8. The fourth-order valence-electron chi connectivity index (χ4n) is 8.41. The topological polar surface area (TPSA) is 69.9 Å². The molecule has 6 nitrogen and oxygen atoms in total. The van der Waals surface area contributed by atoms with Crippen LogP contribution in [0.15, 0.2) is 191 Å². The molecule has 0 spiro atoms. The third-order valence-corrected chi connectivity index (χ3v) is 11.1. The first kappa shape index (κ1) is 31.5. The first-order chi connectivity index (χ1) is 28.2. The van der Waals surface area contributed by atoms with Crippen LogP contribution in [0, 0.1) is 0 Å². The standard InChI is InChI=1S/C51H30N4O2/c1-3-12-31(13-4-1)33-22-25-37-36-16-7-9-19-42(36)55(43(37)28-33)35-24-27-45-41(30-35)38-26-23-34(29-47(38)57-45)50-52-49(32-14-5-2-6-15-32)53-51(54-50)40-18-11-21-46-48(40)39-17-8-10-20-44(39)56-46/h1-30H. The molecule has 266 valence electrons. The molecule has 0 bridgehead atoms. The SMILES string of the molecule is c1ccc(-c2ccc3c4ccccc4n(-c4ccc5oc6cc(-c7nc(-c8ccccc8)nc(-c8cccc9oc%10ccccc%10c89)n7)ccc6c5c4)c3c2)cc1. The Morgan fingerprint density at radius 2 is 0.965 bits per heavy atom. The van der Waals surface area contributed by atoms with Gasteiger partial charge < -0.3 is 13.4 Å². The van der Waals surface area contributed by atoms with E-state index in [1.165, 1.54) is 21.9 Å². The smallest absolute Gasteiger partial charge is 0.164 e. The molecule has 0 aliphatic heterocycles. The number of hydrogen-bond acceptors (Lipinski definition) is 5. The third kappa shape index (κ3) is 5.01. The Morgan fingerprint density at radius 1 is 0.333 bits per heavy atom. The van der Waals surface area contributed by atoms with E-state index in [1.807, 2.05) is 66.7 Å². The van der Waals surface area contributed by atoms with Crippen molar-refractivity contribution in [3.05, 3.63) is 182 Å².